The number of hydrogen-bond acceptors (Lipinski definition) is 4. The van der Waals surface area contributed by atoms with E-state index in [9.17, 15) is 13.2 Å². The van der Waals surface area contributed by atoms with Crippen LogP contribution in [0.15, 0.2) is 47.4 Å². The van der Waals surface area contributed by atoms with Gasteiger partial charge in [0.1, 0.15) is 0 Å². The molecule has 2 aromatic rings. The number of nitrogens with one attached hydrogen (secondary N) is 2. The molecule has 1 unspecified atom stereocenters. The van der Waals surface area contributed by atoms with E-state index in [1.165, 1.54) is 25.0 Å². The first kappa shape index (κ1) is 23.3. The average Bonchev–Trinajstić information content (AvgIpc) is 2.75. The number of rotatable bonds is 7. The van der Waals surface area contributed by atoms with Crippen molar-refractivity contribution in [3.63, 3.8) is 0 Å². The van der Waals surface area contributed by atoms with Crippen LogP contribution in [0.2, 0.25) is 0 Å². The number of hydrogen-bond donors (Lipinski definition) is 2. The first-order chi connectivity index (χ1) is 14.7. The van der Waals surface area contributed by atoms with Crippen molar-refractivity contribution in [3.8, 4) is 0 Å². The van der Waals surface area contributed by atoms with Crippen molar-refractivity contribution in [2.45, 2.75) is 51.5 Å². The highest BCUT2D eigenvalue weighted by Crippen LogP contribution is 2.22. The lowest BCUT2D eigenvalue weighted by atomic mass is 9.98. The summed E-state index contributed by atoms with van der Waals surface area (Å²) in [4.78, 5) is 15.1. The summed E-state index contributed by atoms with van der Waals surface area (Å²) in [5.41, 5.74) is 2.91. The molecule has 168 valence electrons. The van der Waals surface area contributed by atoms with Crippen molar-refractivity contribution in [2.75, 3.05) is 24.4 Å². The van der Waals surface area contributed by atoms with Crippen LogP contribution in [-0.2, 0) is 10.0 Å². The molecule has 2 aromatic carbocycles. The highest BCUT2D eigenvalue weighted by molar-refractivity contribution is 7.92. The summed E-state index contributed by atoms with van der Waals surface area (Å²) in [6.45, 7) is 10.9. The number of anilines is 1. The molecule has 6 nitrogen and oxygen atoms in total. The Morgan fingerprint density at radius 1 is 1.10 bits per heavy atom. The van der Waals surface area contributed by atoms with Crippen molar-refractivity contribution in [2.24, 2.45) is 5.92 Å². The summed E-state index contributed by atoms with van der Waals surface area (Å²) in [5, 5.41) is 2.97. The fourth-order valence-electron chi connectivity index (χ4n) is 3.79. The van der Waals surface area contributed by atoms with E-state index in [1.54, 1.807) is 18.2 Å². The lowest BCUT2D eigenvalue weighted by molar-refractivity contribution is 0.0921. The molecule has 0 saturated carbocycles. The van der Waals surface area contributed by atoms with Gasteiger partial charge >= 0.3 is 0 Å². The topological polar surface area (TPSA) is 78.5 Å². The minimum Gasteiger partial charge on any atom is -0.350 e. The first-order valence-electron chi connectivity index (χ1n) is 10.9. The highest BCUT2D eigenvalue weighted by Gasteiger charge is 2.21. The van der Waals surface area contributed by atoms with E-state index in [1.807, 2.05) is 26.0 Å². The summed E-state index contributed by atoms with van der Waals surface area (Å²) in [6.07, 6.45) is 2.40. The molecule has 1 atom stereocenters. The molecule has 0 bridgehead atoms. The molecule has 0 aliphatic carbocycles. The summed E-state index contributed by atoms with van der Waals surface area (Å²) < 4.78 is 28.1. The Morgan fingerprint density at radius 3 is 2.39 bits per heavy atom. The maximum atomic E-state index is 12.7. The number of carbonyl (C=O) groups is 1. The lowest BCUT2D eigenvalue weighted by Crippen LogP contribution is -2.45. The number of carbonyl (C=O) groups excluding carboxylic acids is 1. The number of likely N-dealkylation sites (tertiary alicyclic amines) is 1. The van der Waals surface area contributed by atoms with Crippen LogP contribution in [0.4, 0.5) is 5.69 Å². The van der Waals surface area contributed by atoms with Gasteiger partial charge in [-0.15, -0.1) is 0 Å². The normalized spacial score (nSPS) is 16.6. The minimum absolute atomic E-state index is 0.126. The van der Waals surface area contributed by atoms with Gasteiger partial charge in [0.25, 0.3) is 15.9 Å². The second-order valence-corrected chi connectivity index (χ2v) is 10.3. The standard InChI is InChI=1S/C24H33N3O3S/c1-17-12-14-27(15-13-17)19(3)16-25-24(28)21-8-10-22(11-9-21)31(29,30)26-23-7-5-6-18(2)20(23)4/h5-11,17,19,26H,12-16H2,1-4H3,(H,25,28). The van der Waals surface area contributed by atoms with Crippen LogP contribution in [0.1, 0.15) is 48.2 Å². The van der Waals surface area contributed by atoms with Gasteiger partial charge in [-0.25, -0.2) is 8.42 Å². The van der Waals surface area contributed by atoms with Crippen LogP contribution in [0.3, 0.4) is 0 Å². The molecule has 1 saturated heterocycles. The van der Waals surface area contributed by atoms with Gasteiger partial charge in [0.2, 0.25) is 0 Å². The van der Waals surface area contributed by atoms with E-state index < -0.39 is 10.0 Å². The van der Waals surface area contributed by atoms with E-state index in [-0.39, 0.29) is 16.8 Å². The number of piperidine rings is 1. The predicted octanol–water partition coefficient (Wildman–Crippen LogP) is 3.95. The SMILES string of the molecule is Cc1cccc(NS(=O)(=O)c2ccc(C(=O)NCC(C)N3CCC(C)CC3)cc2)c1C. The molecule has 7 heteroatoms. The van der Waals surface area contributed by atoms with E-state index in [0.717, 1.165) is 30.1 Å². The molecule has 1 heterocycles. The maximum absolute atomic E-state index is 12.7. The van der Waals surface area contributed by atoms with Crippen molar-refractivity contribution < 1.29 is 13.2 Å². The van der Waals surface area contributed by atoms with Crippen molar-refractivity contribution in [1.29, 1.82) is 0 Å². The van der Waals surface area contributed by atoms with Crippen molar-refractivity contribution >= 4 is 21.6 Å². The van der Waals surface area contributed by atoms with Crippen LogP contribution in [-0.4, -0.2) is 44.9 Å². The minimum atomic E-state index is -3.73. The summed E-state index contributed by atoms with van der Waals surface area (Å²) in [7, 11) is -3.73. The van der Waals surface area contributed by atoms with Crippen LogP contribution in [0.5, 0.6) is 0 Å². The first-order valence-corrected chi connectivity index (χ1v) is 12.4. The predicted molar refractivity (Wildman–Crippen MR) is 125 cm³/mol. The monoisotopic (exact) mass is 443 g/mol. The molecule has 1 amide bonds. The van der Waals surface area contributed by atoms with Crippen LogP contribution in [0, 0.1) is 19.8 Å². The number of amides is 1. The summed E-state index contributed by atoms with van der Waals surface area (Å²) >= 11 is 0. The molecule has 2 N–H and O–H groups in total. The van der Waals surface area contributed by atoms with Gasteiger partial charge in [0, 0.05) is 18.2 Å². The van der Waals surface area contributed by atoms with Crippen LogP contribution in [0.25, 0.3) is 0 Å². The lowest BCUT2D eigenvalue weighted by Gasteiger charge is -2.35. The molecule has 1 fully saturated rings. The molecule has 1 aliphatic heterocycles. The van der Waals surface area contributed by atoms with Gasteiger partial charge in [-0.1, -0.05) is 19.1 Å². The maximum Gasteiger partial charge on any atom is 0.261 e. The van der Waals surface area contributed by atoms with Crippen LogP contribution >= 0.6 is 0 Å². The molecule has 1 aliphatic rings. The molecule has 31 heavy (non-hydrogen) atoms. The molecule has 0 radical (unpaired) electrons. The third-order valence-corrected chi connectivity index (χ3v) is 7.66. The van der Waals surface area contributed by atoms with E-state index in [2.05, 4.69) is 28.8 Å². The second kappa shape index (κ2) is 9.83. The quantitative estimate of drug-likeness (QED) is 0.679. The molecule has 0 aromatic heterocycles. The summed E-state index contributed by atoms with van der Waals surface area (Å²) in [6, 6.07) is 11.8. The Balaban J connectivity index is 1.59. The van der Waals surface area contributed by atoms with Gasteiger partial charge in [0.15, 0.2) is 0 Å². The highest BCUT2D eigenvalue weighted by atomic mass is 32.2. The fraction of sp³-hybridized carbons (Fsp3) is 0.458. The largest absolute Gasteiger partial charge is 0.350 e. The number of nitrogens with zero attached hydrogens (tertiary/aromatic N) is 1. The third-order valence-electron chi connectivity index (χ3n) is 6.28. The summed E-state index contributed by atoms with van der Waals surface area (Å²) in [5.74, 6) is 0.584. The fourth-order valence-corrected chi connectivity index (χ4v) is 4.91. The number of aryl methyl sites for hydroxylation is 1. The molecule has 3 rings (SSSR count). The second-order valence-electron chi connectivity index (χ2n) is 8.65. The van der Waals surface area contributed by atoms with Gasteiger partial charge in [-0.05, 0) is 94.1 Å². The molecule has 0 spiro atoms. The third kappa shape index (κ3) is 5.86. The van der Waals surface area contributed by atoms with Gasteiger partial charge in [0.05, 0.1) is 10.6 Å². The van der Waals surface area contributed by atoms with Gasteiger partial charge < -0.3 is 5.32 Å². The van der Waals surface area contributed by atoms with E-state index in [0.29, 0.717) is 17.8 Å². The smallest absolute Gasteiger partial charge is 0.261 e. The average molecular weight is 444 g/mol. The Kier molecular flexibility index (Phi) is 7.38. The van der Waals surface area contributed by atoms with E-state index >= 15 is 0 Å². The molecular weight excluding hydrogens is 410 g/mol. The Bertz CT molecular complexity index is 1010. The van der Waals surface area contributed by atoms with E-state index in [4.69, 9.17) is 0 Å². The van der Waals surface area contributed by atoms with Gasteiger partial charge in [-0.2, -0.15) is 0 Å². The van der Waals surface area contributed by atoms with Crippen molar-refractivity contribution in [3.05, 3.63) is 59.2 Å². The molecular formula is C24H33N3O3S. The van der Waals surface area contributed by atoms with Crippen molar-refractivity contribution in [1.82, 2.24) is 10.2 Å². The Hall–Kier alpha value is -2.38. The Morgan fingerprint density at radius 2 is 1.74 bits per heavy atom. The zero-order chi connectivity index (χ0) is 22.6. The Labute approximate surface area is 186 Å². The number of sulfonamides is 1. The zero-order valence-electron chi connectivity index (χ0n) is 18.8. The van der Waals surface area contributed by atoms with Gasteiger partial charge in [-0.3, -0.25) is 14.4 Å². The number of benzene rings is 2. The zero-order valence-corrected chi connectivity index (χ0v) is 19.6. The van der Waals surface area contributed by atoms with Crippen LogP contribution < -0.4 is 10.0 Å².